The Labute approximate surface area is 216 Å². The summed E-state index contributed by atoms with van der Waals surface area (Å²) >= 11 is 0. The summed E-state index contributed by atoms with van der Waals surface area (Å²) in [5.41, 5.74) is 0.731. The van der Waals surface area contributed by atoms with Gasteiger partial charge in [0.1, 0.15) is 28.2 Å². The molecule has 1 saturated heterocycles. The first-order valence-corrected chi connectivity index (χ1v) is 12.7. The lowest BCUT2D eigenvalue weighted by atomic mass is 10.1. The van der Waals surface area contributed by atoms with E-state index in [9.17, 15) is 15.0 Å². The molecule has 1 aliphatic heterocycles. The molecule has 0 unspecified atom stereocenters. The van der Waals surface area contributed by atoms with Crippen molar-refractivity contribution in [2.45, 2.75) is 32.6 Å². The van der Waals surface area contributed by atoms with E-state index in [4.69, 9.17) is 18.6 Å². The summed E-state index contributed by atoms with van der Waals surface area (Å²) in [6, 6.07) is 6.33. The number of phenols is 2. The third-order valence-electron chi connectivity index (χ3n) is 6.75. The van der Waals surface area contributed by atoms with Crippen LogP contribution in [0.15, 0.2) is 33.5 Å². The fourth-order valence-electron chi connectivity index (χ4n) is 4.60. The maximum atomic E-state index is 13.9. The van der Waals surface area contributed by atoms with Gasteiger partial charge < -0.3 is 38.6 Å². The predicted octanol–water partition coefficient (Wildman–Crippen LogP) is 4.60. The molecule has 2 aromatic carbocycles. The Hall–Kier alpha value is -3.59. The van der Waals surface area contributed by atoms with Crippen LogP contribution in [0.1, 0.15) is 32.6 Å². The van der Waals surface area contributed by atoms with Crippen molar-refractivity contribution in [3.63, 3.8) is 0 Å². The highest BCUT2D eigenvalue weighted by molar-refractivity contribution is 5.92. The van der Waals surface area contributed by atoms with Gasteiger partial charge in [-0.25, -0.2) is 0 Å². The smallest absolute Gasteiger partial charge is 0.220 e. The topological polar surface area (TPSA) is 105 Å². The van der Waals surface area contributed by atoms with Gasteiger partial charge in [0.05, 0.1) is 20.8 Å². The standard InChI is InChI=1S/C28H36N2O7/c1-5-6-7-8-13-36-19-16-20(31)24-21(17-19)37-28(18-14-22(34-3)26(32)23(15-18)35-4)25(27(24)33)30-11-9-29(2)10-12-30/h14-17,31-32H,5-13H2,1-4H3. The molecule has 0 saturated carbocycles. The summed E-state index contributed by atoms with van der Waals surface area (Å²) in [5.74, 6) is 0.788. The monoisotopic (exact) mass is 512 g/mol. The summed E-state index contributed by atoms with van der Waals surface area (Å²) in [4.78, 5) is 18.1. The number of ether oxygens (including phenoxy) is 3. The van der Waals surface area contributed by atoms with Crippen molar-refractivity contribution in [3.8, 4) is 40.1 Å². The number of nitrogens with zero attached hydrogens (tertiary/aromatic N) is 2. The molecule has 2 heterocycles. The average molecular weight is 513 g/mol. The molecular weight excluding hydrogens is 476 g/mol. The molecule has 9 heteroatoms. The molecule has 9 nitrogen and oxygen atoms in total. The third-order valence-corrected chi connectivity index (χ3v) is 6.75. The number of hydrogen-bond donors (Lipinski definition) is 2. The minimum Gasteiger partial charge on any atom is -0.507 e. The van der Waals surface area contributed by atoms with Crippen LogP contribution in [0.2, 0.25) is 0 Å². The van der Waals surface area contributed by atoms with Gasteiger partial charge >= 0.3 is 0 Å². The summed E-state index contributed by atoms with van der Waals surface area (Å²) in [5, 5.41) is 21.4. The quantitative estimate of drug-likeness (QED) is 0.377. The number of rotatable bonds is 10. The van der Waals surface area contributed by atoms with Crippen molar-refractivity contribution < 1.29 is 28.8 Å². The lowest BCUT2D eigenvalue weighted by molar-refractivity contribution is 0.303. The molecule has 0 bridgehead atoms. The number of piperazine rings is 1. The molecule has 4 rings (SSSR count). The van der Waals surface area contributed by atoms with Gasteiger partial charge in [-0.15, -0.1) is 0 Å². The molecule has 0 amide bonds. The maximum Gasteiger partial charge on any atom is 0.220 e. The Kier molecular flexibility index (Phi) is 8.33. The second-order valence-corrected chi connectivity index (χ2v) is 9.35. The average Bonchev–Trinajstić information content (AvgIpc) is 2.89. The van der Waals surface area contributed by atoms with Crippen LogP contribution in [0.25, 0.3) is 22.3 Å². The minimum atomic E-state index is -0.334. The number of benzene rings is 2. The van der Waals surface area contributed by atoms with Gasteiger partial charge in [-0.3, -0.25) is 4.79 Å². The molecule has 3 aromatic rings. The molecule has 37 heavy (non-hydrogen) atoms. The maximum absolute atomic E-state index is 13.9. The Balaban J connectivity index is 1.87. The SMILES string of the molecule is CCCCCCOc1cc(O)c2c(=O)c(N3CCN(C)CC3)c(-c3cc(OC)c(O)c(OC)c3)oc2c1. The summed E-state index contributed by atoms with van der Waals surface area (Å²) < 4.78 is 22.9. The van der Waals surface area contributed by atoms with Crippen LogP contribution in [-0.2, 0) is 0 Å². The van der Waals surface area contributed by atoms with E-state index in [1.807, 2.05) is 11.9 Å². The van der Waals surface area contributed by atoms with E-state index in [1.54, 1.807) is 18.2 Å². The van der Waals surface area contributed by atoms with Crippen molar-refractivity contribution in [1.29, 1.82) is 0 Å². The van der Waals surface area contributed by atoms with Gasteiger partial charge in [0.25, 0.3) is 0 Å². The van der Waals surface area contributed by atoms with Crippen LogP contribution in [0.3, 0.4) is 0 Å². The van der Waals surface area contributed by atoms with E-state index in [-0.39, 0.29) is 39.4 Å². The van der Waals surface area contributed by atoms with E-state index >= 15 is 0 Å². The number of aromatic hydroxyl groups is 2. The van der Waals surface area contributed by atoms with Crippen LogP contribution in [0.4, 0.5) is 5.69 Å². The molecule has 1 aromatic heterocycles. The van der Waals surface area contributed by atoms with Crippen LogP contribution in [0.5, 0.6) is 28.7 Å². The van der Waals surface area contributed by atoms with Gasteiger partial charge in [-0.05, 0) is 25.6 Å². The van der Waals surface area contributed by atoms with Crippen molar-refractivity contribution >= 4 is 16.7 Å². The van der Waals surface area contributed by atoms with Gasteiger partial charge in [0.2, 0.25) is 11.2 Å². The number of phenolic OH excluding ortho intramolecular Hbond substituents is 2. The van der Waals surface area contributed by atoms with Gasteiger partial charge in [0, 0.05) is 43.9 Å². The molecule has 200 valence electrons. The molecular formula is C28H36N2O7. The number of likely N-dealkylation sites (N-methyl/N-ethyl adjacent to an activating group) is 1. The highest BCUT2D eigenvalue weighted by atomic mass is 16.5. The largest absolute Gasteiger partial charge is 0.507 e. The second kappa shape index (κ2) is 11.6. The highest BCUT2D eigenvalue weighted by Gasteiger charge is 2.27. The molecule has 0 atom stereocenters. The molecule has 0 radical (unpaired) electrons. The van der Waals surface area contributed by atoms with E-state index in [1.165, 1.54) is 20.3 Å². The molecule has 1 aliphatic rings. The molecule has 1 fully saturated rings. The molecule has 2 N–H and O–H groups in total. The Morgan fingerprint density at radius 1 is 0.946 bits per heavy atom. The van der Waals surface area contributed by atoms with E-state index in [0.29, 0.717) is 42.5 Å². The number of hydrogen-bond acceptors (Lipinski definition) is 9. The van der Waals surface area contributed by atoms with E-state index in [0.717, 1.165) is 38.8 Å². The van der Waals surface area contributed by atoms with Crippen molar-refractivity contribution in [2.24, 2.45) is 0 Å². The zero-order valence-electron chi connectivity index (χ0n) is 22.0. The zero-order valence-corrected chi connectivity index (χ0v) is 22.0. The van der Waals surface area contributed by atoms with Crippen LogP contribution < -0.4 is 24.5 Å². The van der Waals surface area contributed by atoms with Crippen LogP contribution >= 0.6 is 0 Å². The van der Waals surface area contributed by atoms with Gasteiger partial charge in [-0.2, -0.15) is 0 Å². The second-order valence-electron chi connectivity index (χ2n) is 9.35. The lowest BCUT2D eigenvalue weighted by Crippen LogP contribution is -2.46. The van der Waals surface area contributed by atoms with Crippen molar-refractivity contribution in [1.82, 2.24) is 4.90 Å². The van der Waals surface area contributed by atoms with Gasteiger partial charge in [0.15, 0.2) is 17.3 Å². The van der Waals surface area contributed by atoms with E-state index < -0.39 is 0 Å². The number of anilines is 1. The predicted molar refractivity (Wildman–Crippen MR) is 144 cm³/mol. The third kappa shape index (κ3) is 5.56. The highest BCUT2D eigenvalue weighted by Crippen LogP contribution is 2.43. The van der Waals surface area contributed by atoms with Crippen LogP contribution in [-0.4, -0.2) is 69.2 Å². The first kappa shape index (κ1) is 26.5. The number of unbranched alkanes of at least 4 members (excludes halogenated alkanes) is 3. The first-order chi connectivity index (χ1) is 17.9. The number of fused-ring (bicyclic) bond motifs is 1. The van der Waals surface area contributed by atoms with Crippen molar-refractivity contribution in [3.05, 3.63) is 34.5 Å². The fraction of sp³-hybridized carbons (Fsp3) is 0.464. The van der Waals surface area contributed by atoms with Gasteiger partial charge in [-0.1, -0.05) is 26.2 Å². The Morgan fingerprint density at radius 3 is 2.24 bits per heavy atom. The lowest BCUT2D eigenvalue weighted by Gasteiger charge is -2.34. The normalized spacial score (nSPS) is 14.2. The Bertz CT molecular complexity index is 1270. The molecule has 0 aliphatic carbocycles. The Morgan fingerprint density at radius 2 is 1.62 bits per heavy atom. The minimum absolute atomic E-state index is 0.105. The van der Waals surface area contributed by atoms with E-state index in [2.05, 4.69) is 11.8 Å². The number of methoxy groups -OCH3 is 2. The summed E-state index contributed by atoms with van der Waals surface area (Å²) in [6.45, 7) is 5.44. The van der Waals surface area contributed by atoms with Crippen LogP contribution in [0, 0.1) is 0 Å². The summed E-state index contributed by atoms with van der Waals surface area (Å²) in [7, 11) is 4.92. The zero-order chi connectivity index (χ0) is 26.5. The first-order valence-electron chi connectivity index (χ1n) is 12.7. The summed E-state index contributed by atoms with van der Waals surface area (Å²) in [6.07, 6.45) is 4.23. The van der Waals surface area contributed by atoms with Crippen molar-refractivity contribution in [2.75, 3.05) is 59.0 Å². The fourth-order valence-corrected chi connectivity index (χ4v) is 4.60. The molecule has 0 spiro atoms.